The lowest BCUT2D eigenvalue weighted by molar-refractivity contribution is 0.0628. The molecule has 2 aromatic carbocycles. The van der Waals surface area contributed by atoms with Crippen molar-refractivity contribution in [1.82, 2.24) is 9.80 Å². The van der Waals surface area contributed by atoms with Crippen molar-refractivity contribution in [2.24, 2.45) is 0 Å². The number of amides is 1. The van der Waals surface area contributed by atoms with Crippen LogP contribution in [0, 0.1) is 19.7 Å². The van der Waals surface area contributed by atoms with Gasteiger partial charge in [-0.3, -0.25) is 9.69 Å². The summed E-state index contributed by atoms with van der Waals surface area (Å²) in [6, 6.07) is 11.0. The topological polar surface area (TPSA) is 32.8 Å². The van der Waals surface area contributed by atoms with Crippen molar-refractivity contribution in [2.75, 3.05) is 33.3 Å². The summed E-state index contributed by atoms with van der Waals surface area (Å²) in [6.07, 6.45) is 0. The molecule has 0 bridgehead atoms. The molecule has 0 unspecified atom stereocenters. The van der Waals surface area contributed by atoms with E-state index in [0.29, 0.717) is 19.6 Å². The van der Waals surface area contributed by atoms with Crippen molar-refractivity contribution in [3.05, 3.63) is 64.5 Å². The van der Waals surface area contributed by atoms with E-state index in [-0.39, 0.29) is 17.5 Å². The molecule has 0 atom stereocenters. The van der Waals surface area contributed by atoms with Crippen molar-refractivity contribution in [2.45, 2.75) is 20.4 Å². The quantitative estimate of drug-likeness (QED) is 0.842. The van der Waals surface area contributed by atoms with Crippen LogP contribution >= 0.6 is 0 Å². The van der Waals surface area contributed by atoms with E-state index in [9.17, 15) is 9.18 Å². The van der Waals surface area contributed by atoms with E-state index in [1.807, 2.05) is 36.9 Å². The standard InChI is InChI=1S/C21H25FN2O2/c1-15-10-16(2)12-18(11-15)21(25)24-8-6-23(7-9-24)14-17-4-5-20(26-3)19(22)13-17/h4-5,10-13H,6-9,14H2,1-3H3. The van der Waals surface area contributed by atoms with Gasteiger partial charge in [-0.05, 0) is 43.7 Å². The minimum Gasteiger partial charge on any atom is -0.494 e. The van der Waals surface area contributed by atoms with Crippen LogP contribution in [-0.4, -0.2) is 49.0 Å². The SMILES string of the molecule is COc1ccc(CN2CCN(C(=O)c3cc(C)cc(C)c3)CC2)cc1F. The average Bonchev–Trinajstić information content (AvgIpc) is 2.61. The van der Waals surface area contributed by atoms with E-state index in [1.165, 1.54) is 13.2 Å². The third kappa shape index (κ3) is 4.22. The highest BCUT2D eigenvalue weighted by molar-refractivity contribution is 5.94. The van der Waals surface area contributed by atoms with Gasteiger partial charge in [0.25, 0.3) is 5.91 Å². The molecule has 0 aliphatic carbocycles. The Kier molecular flexibility index (Phi) is 5.57. The molecule has 0 aromatic heterocycles. The highest BCUT2D eigenvalue weighted by Gasteiger charge is 2.22. The number of nitrogens with zero attached hydrogens (tertiary/aromatic N) is 2. The Labute approximate surface area is 154 Å². The molecule has 1 heterocycles. The van der Waals surface area contributed by atoms with Gasteiger partial charge in [0.05, 0.1) is 7.11 Å². The predicted molar refractivity (Wildman–Crippen MR) is 100 cm³/mol. The zero-order valence-electron chi connectivity index (χ0n) is 15.6. The highest BCUT2D eigenvalue weighted by Crippen LogP contribution is 2.19. The number of carbonyl (C=O) groups excluding carboxylic acids is 1. The van der Waals surface area contributed by atoms with Crippen LogP contribution in [0.3, 0.4) is 0 Å². The number of aryl methyl sites for hydroxylation is 2. The Bertz CT molecular complexity index is 778. The number of ether oxygens (including phenoxy) is 1. The predicted octanol–water partition coefficient (Wildman–Crippen LogP) is 3.41. The summed E-state index contributed by atoms with van der Waals surface area (Å²) in [5.74, 6) is 0.0122. The number of piperazine rings is 1. The summed E-state index contributed by atoms with van der Waals surface area (Å²) in [5.41, 5.74) is 3.88. The molecule has 1 aliphatic heterocycles. The molecule has 138 valence electrons. The molecule has 0 N–H and O–H groups in total. The van der Waals surface area contributed by atoms with E-state index in [2.05, 4.69) is 11.0 Å². The molecule has 26 heavy (non-hydrogen) atoms. The average molecular weight is 356 g/mol. The number of rotatable bonds is 4. The smallest absolute Gasteiger partial charge is 0.253 e. The molecule has 3 rings (SSSR count). The summed E-state index contributed by atoms with van der Waals surface area (Å²) in [7, 11) is 1.46. The molecule has 0 spiro atoms. The van der Waals surface area contributed by atoms with Gasteiger partial charge in [-0.1, -0.05) is 23.3 Å². The summed E-state index contributed by atoms with van der Waals surface area (Å²) in [5, 5.41) is 0. The maximum absolute atomic E-state index is 13.8. The first kappa shape index (κ1) is 18.4. The summed E-state index contributed by atoms with van der Waals surface area (Å²) >= 11 is 0. The van der Waals surface area contributed by atoms with Crippen LogP contribution in [0.15, 0.2) is 36.4 Å². The van der Waals surface area contributed by atoms with Gasteiger partial charge in [0.1, 0.15) is 0 Å². The Morgan fingerprint density at radius 3 is 2.27 bits per heavy atom. The zero-order chi connectivity index (χ0) is 18.7. The Balaban J connectivity index is 1.58. The fraction of sp³-hybridized carbons (Fsp3) is 0.381. The minimum atomic E-state index is -0.339. The molecular formula is C21H25FN2O2. The van der Waals surface area contributed by atoms with E-state index < -0.39 is 0 Å². The number of hydrogen-bond acceptors (Lipinski definition) is 3. The molecule has 0 saturated carbocycles. The number of carbonyl (C=O) groups is 1. The van der Waals surface area contributed by atoms with Gasteiger partial charge < -0.3 is 9.64 Å². The van der Waals surface area contributed by atoms with Crippen LogP contribution in [0.5, 0.6) is 5.75 Å². The van der Waals surface area contributed by atoms with E-state index in [0.717, 1.165) is 35.3 Å². The van der Waals surface area contributed by atoms with Gasteiger partial charge in [0.15, 0.2) is 11.6 Å². The normalized spacial score (nSPS) is 15.2. The van der Waals surface area contributed by atoms with Crippen molar-refractivity contribution in [3.63, 3.8) is 0 Å². The third-order valence-electron chi connectivity index (χ3n) is 4.75. The van der Waals surface area contributed by atoms with Crippen molar-refractivity contribution in [1.29, 1.82) is 0 Å². The lowest BCUT2D eigenvalue weighted by Crippen LogP contribution is -2.48. The van der Waals surface area contributed by atoms with Crippen molar-refractivity contribution < 1.29 is 13.9 Å². The molecule has 1 aliphatic rings. The van der Waals surface area contributed by atoms with Crippen molar-refractivity contribution >= 4 is 5.91 Å². The second kappa shape index (κ2) is 7.87. The van der Waals surface area contributed by atoms with Gasteiger partial charge in [0.2, 0.25) is 0 Å². The fourth-order valence-electron chi connectivity index (χ4n) is 3.46. The maximum Gasteiger partial charge on any atom is 0.253 e. The molecule has 1 fully saturated rings. The second-order valence-electron chi connectivity index (χ2n) is 6.91. The zero-order valence-corrected chi connectivity index (χ0v) is 15.6. The number of halogens is 1. The van der Waals surface area contributed by atoms with Crippen LogP contribution < -0.4 is 4.74 Å². The summed E-state index contributed by atoms with van der Waals surface area (Å²) < 4.78 is 18.8. The van der Waals surface area contributed by atoms with Crippen LogP contribution in [0.4, 0.5) is 4.39 Å². The summed E-state index contributed by atoms with van der Waals surface area (Å²) in [4.78, 5) is 16.9. The summed E-state index contributed by atoms with van der Waals surface area (Å²) in [6.45, 7) is 7.63. The van der Waals surface area contributed by atoms with Crippen LogP contribution in [-0.2, 0) is 6.54 Å². The van der Waals surface area contributed by atoms with Gasteiger partial charge >= 0.3 is 0 Å². The monoisotopic (exact) mass is 356 g/mol. The number of hydrogen-bond donors (Lipinski definition) is 0. The molecule has 0 radical (unpaired) electrons. The largest absolute Gasteiger partial charge is 0.494 e. The van der Waals surface area contributed by atoms with Gasteiger partial charge in [-0.15, -0.1) is 0 Å². The second-order valence-corrected chi connectivity index (χ2v) is 6.91. The van der Waals surface area contributed by atoms with Crippen LogP contribution in [0.25, 0.3) is 0 Å². The maximum atomic E-state index is 13.8. The van der Waals surface area contributed by atoms with Crippen molar-refractivity contribution in [3.8, 4) is 5.75 Å². The Morgan fingerprint density at radius 2 is 1.69 bits per heavy atom. The molecular weight excluding hydrogens is 331 g/mol. The van der Waals surface area contributed by atoms with E-state index in [1.54, 1.807) is 6.07 Å². The highest BCUT2D eigenvalue weighted by atomic mass is 19.1. The first-order valence-electron chi connectivity index (χ1n) is 8.88. The number of benzene rings is 2. The molecule has 1 amide bonds. The third-order valence-corrected chi connectivity index (χ3v) is 4.75. The first-order valence-corrected chi connectivity index (χ1v) is 8.88. The fourth-order valence-corrected chi connectivity index (χ4v) is 3.46. The lowest BCUT2D eigenvalue weighted by atomic mass is 10.1. The van der Waals surface area contributed by atoms with Gasteiger partial charge in [0, 0.05) is 38.3 Å². The lowest BCUT2D eigenvalue weighted by Gasteiger charge is -2.35. The van der Waals surface area contributed by atoms with Crippen LogP contribution in [0.1, 0.15) is 27.0 Å². The number of methoxy groups -OCH3 is 1. The minimum absolute atomic E-state index is 0.0898. The molecule has 2 aromatic rings. The van der Waals surface area contributed by atoms with E-state index >= 15 is 0 Å². The molecule has 1 saturated heterocycles. The first-order chi connectivity index (χ1) is 12.5. The molecule has 5 heteroatoms. The molecule has 4 nitrogen and oxygen atoms in total. The van der Waals surface area contributed by atoms with Gasteiger partial charge in [-0.2, -0.15) is 0 Å². The Morgan fingerprint density at radius 1 is 1.04 bits per heavy atom. The van der Waals surface area contributed by atoms with Gasteiger partial charge in [-0.25, -0.2) is 4.39 Å². The Hall–Kier alpha value is -2.40. The van der Waals surface area contributed by atoms with Crippen LogP contribution in [0.2, 0.25) is 0 Å². The van der Waals surface area contributed by atoms with E-state index in [4.69, 9.17) is 4.74 Å².